The zero-order valence-corrected chi connectivity index (χ0v) is 8.79. The Labute approximate surface area is 85.0 Å². The van der Waals surface area contributed by atoms with Crippen LogP contribution in [-0.4, -0.2) is 24.7 Å². The van der Waals surface area contributed by atoms with Gasteiger partial charge in [-0.2, -0.15) is 0 Å². The van der Waals surface area contributed by atoms with Crippen molar-refractivity contribution in [2.24, 2.45) is 17.4 Å². The van der Waals surface area contributed by atoms with Gasteiger partial charge in [0.2, 0.25) is 5.91 Å². The molecule has 0 spiro atoms. The van der Waals surface area contributed by atoms with Gasteiger partial charge in [-0.3, -0.25) is 4.79 Å². The van der Waals surface area contributed by atoms with Gasteiger partial charge in [-0.15, -0.1) is 0 Å². The van der Waals surface area contributed by atoms with Crippen molar-refractivity contribution < 1.29 is 9.53 Å². The summed E-state index contributed by atoms with van der Waals surface area (Å²) in [6, 6.07) is 0. The highest BCUT2D eigenvalue weighted by molar-refractivity contribution is 5.83. The topological polar surface area (TPSA) is 78.3 Å². The molecular formula is C10H20N2O2. The lowest BCUT2D eigenvalue weighted by Crippen LogP contribution is -2.53. The first-order valence-electron chi connectivity index (χ1n) is 5.19. The zero-order chi connectivity index (χ0) is 10.6. The fraction of sp³-hybridized carbons (Fsp3) is 0.900. The molecule has 0 aromatic rings. The highest BCUT2D eigenvalue weighted by Crippen LogP contribution is 2.24. The Morgan fingerprint density at radius 1 is 1.50 bits per heavy atom. The number of amides is 1. The Morgan fingerprint density at radius 2 is 2.07 bits per heavy atom. The van der Waals surface area contributed by atoms with Crippen molar-refractivity contribution in [2.75, 3.05) is 13.2 Å². The van der Waals surface area contributed by atoms with Gasteiger partial charge in [0.1, 0.15) is 5.54 Å². The normalized spacial score (nSPS) is 22.1. The van der Waals surface area contributed by atoms with Crippen LogP contribution in [0.5, 0.6) is 0 Å². The SMILES string of the molecule is CC(N)(COCC1CCCC1)C(N)=O. The average Bonchev–Trinajstić information content (AvgIpc) is 2.56. The minimum absolute atomic E-state index is 0.221. The number of primary amides is 1. The Balaban J connectivity index is 2.16. The van der Waals surface area contributed by atoms with Gasteiger partial charge in [-0.05, 0) is 25.7 Å². The van der Waals surface area contributed by atoms with E-state index in [0.717, 1.165) is 0 Å². The van der Waals surface area contributed by atoms with Crippen LogP contribution in [0, 0.1) is 5.92 Å². The highest BCUT2D eigenvalue weighted by atomic mass is 16.5. The number of carbonyl (C=O) groups excluding carboxylic acids is 1. The summed E-state index contributed by atoms with van der Waals surface area (Å²) in [5.74, 6) is 0.141. The summed E-state index contributed by atoms with van der Waals surface area (Å²) in [6.07, 6.45) is 5.06. The number of hydrogen-bond donors (Lipinski definition) is 2. The second kappa shape index (κ2) is 4.75. The molecule has 0 radical (unpaired) electrons. The van der Waals surface area contributed by atoms with Gasteiger partial charge >= 0.3 is 0 Å². The largest absolute Gasteiger partial charge is 0.379 e. The molecule has 1 atom stereocenters. The van der Waals surface area contributed by atoms with E-state index in [9.17, 15) is 4.79 Å². The summed E-state index contributed by atoms with van der Waals surface area (Å²) in [7, 11) is 0. The van der Waals surface area contributed by atoms with Gasteiger partial charge in [0.15, 0.2) is 0 Å². The van der Waals surface area contributed by atoms with E-state index < -0.39 is 11.4 Å². The summed E-state index contributed by atoms with van der Waals surface area (Å²) in [6.45, 7) is 2.53. The van der Waals surface area contributed by atoms with E-state index in [0.29, 0.717) is 12.5 Å². The van der Waals surface area contributed by atoms with Crippen molar-refractivity contribution in [3.63, 3.8) is 0 Å². The highest BCUT2D eigenvalue weighted by Gasteiger charge is 2.26. The fourth-order valence-corrected chi connectivity index (χ4v) is 1.69. The third kappa shape index (κ3) is 3.27. The lowest BCUT2D eigenvalue weighted by atomic mass is 10.1. The molecule has 1 fully saturated rings. The number of rotatable bonds is 5. The molecule has 1 unspecified atom stereocenters. The fourth-order valence-electron chi connectivity index (χ4n) is 1.69. The van der Waals surface area contributed by atoms with Crippen LogP contribution < -0.4 is 11.5 Å². The molecular weight excluding hydrogens is 180 g/mol. The summed E-state index contributed by atoms with van der Waals surface area (Å²) < 4.78 is 5.42. The van der Waals surface area contributed by atoms with Crippen LogP contribution in [0.15, 0.2) is 0 Å². The van der Waals surface area contributed by atoms with Crippen LogP contribution in [0.1, 0.15) is 32.6 Å². The molecule has 1 rings (SSSR count). The number of hydrogen-bond acceptors (Lipinski definition) is 3. The summed E-state index contributed by atoms with van der Waals surface area (Å²) in [4.78, 5) is 10.9. The van der Waals surface area contributed by atoms with Gasteiger partial charge in [-0.1, -0.05) is 12.8 Å². The average molecular weight is 200 g/mol. The molecule has 0 saturated heterocycles. The minimum Gasteiger partial charge on any atom is -0.379 e. The summed E-state index contributed by atoms with van der Waals surface area (Å²) >= 11 is 0. The van der Waals surface area contributed by atoms with Crippen molar-refractivity contribution >= 4 is 5.91 Å². The van der Waals surface area contributed by atoms with Crippen molar-refractivity contribution in [1.82, 2.24) is 0 Å². The van der Waals surface area contributed by atoms with Crippen LogP contribution in [0.2, 0.25) is 0 Å². The van der Waals surface area contributed by atoms with Crippen molar-refractivity contribution in [3.8, 4) is 0 Å². The van der Waals surface area contributed by atoms with Crippen LogP contribution in [0.4, 0.5) is 0 Å². The number of nitrogens with two attached hydrogens (primary N) is 2. The first kappa shape index (κ1) is 11.5. The monoisotopic (exact) mass is 200 g/mol. The lowest BCUT2D eigenvalue weighted by Gasteiger charge is -2.21. The first-order valence-corrected chi connectivity index (χ1v) is 5.19. The zero-order valence-electron chi connectivity index (χ0n) is 8.79. The second-order valence-corrected chi connectivity index (χ2v) is 4.45. The Kier molecular flexibility index (Phi) is 3.89. The molecule has 0 aromatic heterocycles. The van der Waals surface area contributed by atoms with E-state index in [1.165, 1.54) is 25.7 Å². The van der Waals surface area contributed by atoms with Crippen molar-refractivity contribution in [1.29, 1.82) is 0 Å². The van der Waals surface area contributed by atoms with Crippen molar-refractivity contribution in [2.45, 2.75) is 38.1 Å². The van der Waals surface area contributed by atoms with E-state index in [4.69, 9.17) is 16.2 Å². The molecule has 0 heterocycles. The number of carbonyl (C=O) groups is 1. The maximum atomic E-state index is 10.9. The predicted molar refractivity (Wildman–Crippen MR) is 54.6 cm³/mol. The third-order valence-corrected chi connectivity index (χ3v) is 2.79. The molecule has 4 N–H and O–H groups in total. The summed E-state index contributed by atoms with van der Waals surface area (Å²) in [5.41, 5.74) is 9.74. The van der Waals surface area contributed by atoms with Gasteiger partial charge in [0, 0.05) is 6.61 Å². The van der Waals surface area contributed by atoms with Gasteiger partial charge < -0.3 is 16.2 Å². The van der Waals surface area contributed by atoms with E-state index in [2.05, 4.69) is 0 Å². The predicted octanol–water partition coefficient (Wildman–Crippen LogP) is 0.396. The standard InChI is InChI=1S/C10H20N2O2/c1-10(12,9(11)13)7-14-6-8-4-2-3-5-8/h8H,2-7,12H2,1H3,(H2,11,13). The maximum Gasteiger partial charge on any atom is 0.239 e. The smallest absolute Gasteiger partial charge is 0.239 e. The molecule has 4 nitrogen and oxygen atoms in total. The van der Waals surface area contributed by atoms with Crippen LogP contribution >= 0.6 is 0 Å². The van der Waals surface area contributed by atoms with Gasteiger partial charge in [0.05, 0.1) is 6.61 Å². The maximum absolute atomic E-state index is 10.9. The summed E-state index contributed by atoms with van der Waals surface area (Å²) in [5, 5.41) is 0. The molecule has 0 bridgehead atoms. The minimum atomic E-state index is -1.03. The molecule has 1 aliphatic carbocycles. The lowest BCUT2D eigenvalue weighted by molar-refractivity contribution is -0.124. The first-order chi connectivity index (χ1) is 6.52. The quantitative estimate of drug-likeness (QED) is 0.674. The van der Waals surface area contributed by atoms with Crippen LogP contribution in [0.25, 0.3) is 0 Å². The Morgan fingerprint density at radius 3 is 2.57 bits per heavy atom. The third-order valence-electron chi connectivity index (χ3n) is 2.79. The van der Waals surface area contributed by atoms with Crippen LogP contribution in [0.3, 0.4) is 0 Å². The molecule has 82 valence electrons. The molecule has 4 heteroatoms. The van der Waals surface area contributed by atoms with Crippen LogP contribution in [-0.2, 0) is 9.53 Å². The molecule has 0 aliphatic heterocycles. The Hall–Kier alpha value is -0.610. The number of ether oxygens (including phenoxy) is 1. The molecule has 1 saturated carbocycles. The van der Waals surface area contributed by atoms with Gasteiger partial charge in [-0.25, -0.2) is 0 Å². The van der Waals surface area contributed by atoms with E-state index >= 15 is 0 Å². The van der Waals surface area contributed by atoms with E-state index in [-0.39, 0.29) is 6.61 Å². The van der Waals surface area contributed by atoms with Gasteiger partial charge in [0.25, 0.3) is 0 Å². The Bertz CT molecular complexity index is 198. The molecule has 0 aromatic carbocycles. The molecule has 1 amide bonds. The second-order valence-electron chi connectivity index (χ2n) is 4.45. The van der Waals surface area contributed by atoms with Crippen molar-refractivity contribution in [3.05, 3.63) is 0 Å². The molecule has 14 heavy (non-hydrogen) atoms. The van der Waals surface area contributed by atoms with E-state index in [1.807, 2.05) is 0 Å². The van der Waals surface area contributed by atoms with E-state index in [1.54, 1.807) is 6.92 Å². The molecule has 1 aliphatic rings.